The van der Waals surface area contributed by atoms with Gasteiger partial charge in [-0.2, -0.15) is 0 Å². The van der Waals surface area contributed by atoms with E-state index in [-0.39, 0.29) is 6.04 Å². The zero-order chi connectivity index (χ0) is 13.9. The first-order valence-corrected chi connectivity index (χ1v) is 7.54. The first-order valence-electron chi connectivity index (χ1n) is 6.66. The van der Waals surface area contributed by atoms with Crippen molar-refractivity contribution in [2.45, 2.75) is 25.0 Å². The molecule has 1 heterocycles. The standard InChI is InChI=1S/C15H18N2O2S/c1-18-13-8-9-20-15(13)14(17-16)10-2-4-11(5-3-10)19-12-6-7-12/h2-5,8-9,12,14,17H,6-7,16H2,1H3. The maximum Gasteiger partial charge on any atom is 0.134 e. The Morgan fingerprint density at radius 2 is 2.00 bits per heavy atom. The molecular weight excluding hydrogens is 272 g/mol. The van der Waals surface area contributed by atoms with Crippen LogP contribution in [0.25, 0.3) is 0 Å². The van der Waals surface area contributed by atoms with Gasteiger partial charge < -0.3 is 9.47 Å². The fraction of sp³-hybridized carbons (Fsp3) is 0.333. The molecule has 5 heteroatoms. The summed E-state index contributed by atoms with van der Waals surface area (Å²) in [5.74, 6) is 7.50. The Bertz CT molecular complexity index is 564. The lowest BCUT2D eigenvalue weighted by atomic mass is 10.1. The number of methoxy groups -OCH3 is 1. The van der Waals surface area contributed by atoms with Crippen molar-refractivity contribution in [1.29, 1.82) is 0 Å². The summed E-state index contributed by atoms with van der Waals surface area (Å²) in [6.45, 7) is 0. The molecule has 0 bridgehead atoms. The van der Waals surface area contributed by atoms with Crippen molar-refractivity contribution in [3.05, 3.63) is 46.2 Å². The second-order valence-electron chi connectivity index (χ2n) is 4.84. The lowest BCUT2D eigenvalue weighted by molar-refractivity contribution is 0.303. The molecule has 0 radical (unpaired) electrons. The molecule has 3 rings (SSSR count). The maximum atomic E-state index is 5.76. The summed E-state index contributed by atoms with van der Waals surface area (Å²) < 4.78 is 11.1. The van der Waals surface area contributed by atoms with E-state index < -0.39 is 0 Å². The van der Waals surface area contributed by atoms with Crippen molar-refractivity contribution in [2.24, 2.45) is 5.84 Å². The second-order valence-corrected chi connectivity index (χ2v) is 5.79. The normalized spacial score (nSPS) is 15.9. The Balaban J connectivity index is 1.81. The molecule has 1 aromatic heterocycles. The molecule has 0 aliphatic heterocycles. The van der Waals surface area contributed by atoms with Crippen LogP contribution in [0.3, 0.4) is 0 Å². The molecule has 1 aliphatic carbocycles. The molecule has 0 spiro atoms. The van der Waals surface area contributed by atoms with E-state index in [1.54, 1.807) is 18.4 Å². The van der Waals surface area contributed by atoms with Gasteiger partial charge in [-0.05, 0) is 42.0 Å². The van der Waals surface area contributed by atoms with Crippen LogP contribution in [0.15, 0.2) is 35.7 Å². The Hall–Kier alpha value is -1.56. The maximum absolute atomic E-state index is 5.76. The van der Waals surface area contributed by atoms with E-state index in [4.69, 9.17) is 15.3 Å². The van der Waals surface area contributed by atoms with E-state index in [9.17, 15) is 0 Å². The molecule has 4 nitrogen and oxygen atoms in total. The van der Waals surface area contributed by atoms with Crippen LogP contribution in [0.5, 0.6) is 11.5 Å². The average molecular weight is 290 g/mol. The van der Waals surface area contributed by atoms with Crippen LogP contribution in [0.4, 0.5) is 0 Å². The molecule has 1 unspecified atom stereocenters. The van der Waals surface area contributed by atoms with Gasteiger partial charge in [0, 0.05) is 0 Å². The summed E-state index contributed by atoms with van der Waals surface area (Å²) in [6.07, 6.45) is 2.75. The number of benzene rings is 1. The van der Waals surface area contributed by atoms with Crippen molar-refractivity contribution >= 4 is 11.3 Å². The fourth-order valence-corrected chi connectivity index (χ4v) is 3.07. The van der Waals surface area contributed by atoms with Crippen LogP contribution in [-0.4, -0.2) is 13.2 Å². The van der Waals surface area contributed by atoms with Gasteiger partial charge >= 0.3 is 0 Å². The number of rotatable bonds is 6. The first kappa shape index (κ1) is 13.4. The monoisotopic (exact) mass is 290 g/mol. The van der Waals surface area contributed by atoms with Gasteiger partial charge in [-0.25, -0.2) is 5.43 Å². The highest BCUT2D eigenvalue weighted by molar-refractivity contribution is 7.10. The minimum Gasteiger partial charge on any atom is -0.496 e. The summed E-state index contributed by atoms with van der Waals surface area (Å²) >= 11 is 1.63. The van der Waals surface area contributed by atoms with Gasteiger partial charge in [-0.1, -0.05) is 12.1 Å². The SMILES string of the molecule is COc1ccsc1C(NN)c1ccc(OC2CC2)cc1. The molecule has 1 atom stereocenters. The minimum atomic E-state index is -0.0695. The Kier molecular flexibility index (Phi) is 3.91. The summed E-state index contributed by atoms with van der Waals surface area (Å²) in [4.78, 5) is 1.07. The fourth-order valence-electron chi connectivity index (χ4n) is 2.13. The van der Waals surface area contributed by atoms with Gasteiger partial charge in [-0.3, -0.25) is 5.84 Å². The van der Waals surface area contributed by atoms with E-state index >= 15 is 0 Å². The van der Waals surface area contributed by atoms with E-state index in [0.717, 1.165) is 21.9 Å². The number of nitrogens with one attached hydrogen (secondary N) is 1. The van der Waals surface area contributed by atoms with Gasteiger partial charge in [-0.15, -0.1) is 11.3 Å². The molecule has 106 valence electrons. The highest BCUT2D eigenvalue weighted by atomic mass is 32.1. The zero-order valence-corrected chi connectivity index (χ0v) is 12.2. The van der Waals surface area contributed by atoms with Crippen molar-refractivity contribution in [2.75, 3.05) is 7.11 Å². The van der Waals surface area contributed by atoms with Crippen LogP contribution < -0.4 is 20.7 Å². The molecule has 1 fully saturated rings. The summed E-state index contributed by atoms with van der Waals surface area (Å²) in [7, 11) is 1.67. The predicted octanol–water partition coefficient (Wildman–Crippen LogP) is 2.85. The number of hydrogen-bond donors (Lipinski definition) is 2. The average Bonchev–Trinajstić information content (AvgIpc) is 3.17. The number of hydrazine groups is 1. The van der Waals surface area contributed by atoms with E-state index in [1.807, 2.05) is 35.7 Å². The predicted molar refractivity (Wildman–Crippen MR) is 80.1 cm³/mol. The highest BCUT2D eigenvalue weighted by Gasteiger charge is 2.24. The molecule has 20 heavy (non-hydrogen) atoms. The number of nitrogens with two attached hydrogens (primary N) is 1. The molecule has 3 N–H and O–H groups in total. The smallest absolute Gasteiger partial charge is 0.134 e. The van der Waals surface area contributed by atoms with Crippen molar-refractivity contribution < 1.29 is 9.47 Å². The Morgan fingerprint density at radius 3 is 2.60 bits per heavy atom. The van der Waals surface area contributed by atoms with Crippen LogP contribution in [-0.2, 0) is 0 Å². The Morgan fingerprint density at radius 1 is 1.25 bits per heavy atom. The lowest BCUT2D eigenvalue weighted by Gasteiger charge is -2.17. The molecule has 2 aromatic rings. The van der Waals surface area contributed by atoms with Crippen LogP contribution in [0, 0.1) is 0 Å². The van der Waals surface area contributed by atoms with Gasteiger partial charge in [0.2, 0.25) is 0 Å². The van der Waals surface area contributed by atoms with Crippen LogP contribution >= 0.6 is 11.3 Å². The quantitative estimate of drug-likeness (QED) is 0.634. The number of thiophene rings is 1. The summed E-state index contributed by atoms with van der Waals surface area (Å²) in [5.41, 5.74) is 3.95. The van der Waals surface area contributed by atoms with Crippen molar-refractivity contribution in [3.63, 3.8) is 0 Å². The topological polar surface area (TPSA) is 56.5 Å². The summed E-state index contributed by atoms with van der Waals surface area (Å²) in [5, 5.41) is 2.00. The molecule has 1 saturated carbocycles. The van der Waals surface area contributed by atoms with Crippen molar-refractivity contribution in [1.82, 2.24) is 5.43 Å². The van der Waals surface area contributed by atoms with Gasteiger partial charge in [0.25, 0.3) is 0 Å². The molecule has 1 aliphatic rings. The van der Waals surface area contributed by atoms with Crippen LogP contribution in [0.1, 0.15) is 29.3 Å². The lowest BCUT2D eigenvalue weighted by Crippen LogP contribution is -2.28. The molecular formula is C15H18N2O2S. The third kappa shape index (κ3) is 2.80. The van der Waals surface area contributed by atoms with Crippen LogP contribution in [0.2, 0.25) is 0 Å². The Labute approximate surface area is 122 Å². The third-order valence-electron chi connectivity index (χ3n) is 3.35. The van der Waals surface area contributed by atoms with E-state index in [2.05, 4.69) is 5.43 Å². The largest absolute Gasteiger partial charge is 0.496 e. The van der Waals surface area contributed by atoms with Gasteiger partial charge in [0.1, 0.15) is 11.5 Å². The van der Waals surface area contributed by atoms with Gasteiger partial charge in [0.05, 0.1) is 24.1 Å². The number of hydrogen-bond acceptors (Lipinski definition) is 5. The zero-order valence-electron chi connectivity index (χ0n) is 11.3. The second kappa shape index (κ2) is 5.83. The van der Waals surface area contributed by atoms with E-state index in [1.165, 1.54) is 12.8 Å². The highest BCUT2D eigenvalue weighted by Crippen LogP contribution is 2.35. The molecule has 0 saturated heterocycles. The molecule has 0 amide bonds. The minimum absolute atomic E-state index is 0.0695. The number of ether oxygens (including phenoxy) is 2. The van der Waals surface area contributed by atoms with E-state index in [0.29, 0.717) is 6.10 Å². The summed E-state index contributed by atoms with van der Waals surface area (Å²) in [6, 6.07) is 9.97. The molecule has 1 aromatic carbocycles. The van der Waals surface area contributed by atoms with Gasteiger partial charge in [0.15, 0.2) is 0 Å². The van der Waals surface area contributed by atoms with Crippen molar-refractivity contribution in [3.8, 4) is 11.5 Å². The first-order chi connectivity index (χ1) is 9.81. The third-order valence-corrected chi connectivity index (χ3v) is 4.31.